The second-order valence-corrected chi connectivity index (χ2v) is 6.81. The van der Waals surface area contributed by atoms with Gasteiger partial charge in [0.15, 0.2) is 0 Å². The van der Waals surface area contributed by atoms with Crippen molar-refractivity contribution >= 4 is 11.9 Å². The Bertz CT molecular complexity index is 635. The number of carboxylic acids is 1. The number of aromatic carboxylic acids is 1. The predicted molar refractivity (Wildman–Crippen MR) is 65.9 cm³/mol. The van der Waals surface area contributed by atoms with Crippen molar-refractivity contribution in [2.45, 2.75) is 0 Å². The van der Waals surface area contributed by atoms with Crippen LogP contribution in [0.1, 0.15) is 20.7 Å². The maximum absolute atomic E-state index is 11.3. The van der Waals surface area contributed by atoms with Crippen molar-refractivity contribution in [2.75, 3.05) is 7.11 Å². The van der Waals surface area contributed by atoms with Gasteiger partial charge in [-0.2, -0.15) is 0 Å². The zero-order chi connectivity index (χ0) is 14.5. The maximum atomic E-state index is 11.3. The summed E-state index contributed by atoms with van der Waals surface area (Å²) in [6.45, 7) is 0. The summed E-state index contributed by atoms with van der Waals surface area (Å²) in [5.74, 6) is -1.55. The molecular weight excluding hydrogens is 371 g/mol. The first-order chi connectivity index (χ1) is 9.61. The summed E-state index contributed by atoms with van der Waals surface area (Å²) in [5, 5.41) is 11.0. The molecule has 0 saturated carbocycles. The Morgan fingerprint density at radius 2 is 1.70 bits per heavy atom. The Hall–Kier alpha value is -1.89. The third-order valence-corrected chi connectivity index (χ3v) is 5.43. The average Bonchev–Trinajstić information content (AvgIpc) is 2.47. The molecule has 0 radical (unpaired) electrons. The fraction of sp³-hybridized carbons (Fsp3) is 0.0667. The number of hydrogen-bond donors (Lipinski definition) is 0. The summed E-state index contributed by atoms with van der Waals surface area (Å²) in [6.07, 6.45) is 0. The van der Waals surface area contributed by atoms with E-state index in [1.165, 1.54) is 7.11 Å². The van der Waals surface area contributed by atoms with Crippen molar-refractivity contribution in [3.63, 3.8) is 0 Å². The molecule has 2 rings (SSSR count). The summed E-state index contributed by atoms with van der Waals surface area (Å²) in [5.41, 5.74) is 0.714. The van der Waals surface area contributed by atoms with E-state index < -0.39 is 27.2 Å². The SMILES string of the molecule is COC(=O)c1ccc([I-]c2ccccc2C(=O)[O-])cc1. The van der Waals surface area contributed by atoms with Gasteiger partial charge in [0.1, 0.15) is 0 Å². The zero-order valence-electron chi connectivity index (χ0n) is 10.6. The molecule has 104 valence electrons. The van der Waals surface area contributed by atoms with E-state index in [0.29, 0.717) is 5.56 Å². The molecule has 0 atom stereocenters. The molecule has 0 fully saturated rings. The molecule has 0 unspecified atom stereocenters. The minimum absolute atomic E-state index is 0.234. The molecule has 0 heterocycles. The summed E-state index contributed by atoms with van der Waals surface area (Å²) in [7, 11) is 1.33. The first-order valence-electron chi connectivity index (χ1n) is 5.75. The number of carbonyl (C=O) groups excluding carboxylic acids is 2. The number of benzene rings is 2. The van der Waals surface area contributed by atoms with E-state index in [9.17, 15) is 14.7 Å². The van der Waals surface area contributed by atoms with Crippen LogP contribution in [0.3, 0.4) is 0 Å². The second-order valence-electron chi connectivity index (χ2n) is 3.86. The number of esters is 1. The van der Waals surface area contributed by atoms with Crippen LogP contribution in [-0.4, -0.2) is 19.0 Å². The van der Waals surface area contributed by atoms with Crippen LogP contribution in [0.15, 0.2) is 48.5 Å². The van der Waals surface area contributed by atoms with E-state index in [1.54, 1.807) is 30.3 Å². The van der Waals surface area contributed by atoms with Gasteiger partial charge in [-0.3, -0.25) is 0 Å². The molecule has 0 bridgehead atoms. The molecule has 0 spiro atoms. The number of rotatable bonds is 4. The Morgan fingerprint density at radius 3 is 2.30 bits per heavy atom. The van der Waals surface area contributed by atoms with Crippen molar-refractivity contribution in [2.24, 2.45) is 0 Å². The third-order valence-electron chi connectivity index (χ3n) is 2.57. The Balaban J connectivity index is 2.23. The van der Waals surface area contributed by atoms with Crippen molar-refractivity contribution < 1.29 is 40.6 Å². The minimum atomic E-state index is -1.16. The monoisotopic (exact) mass is 382 g/mol. The quantitative estimate of drug-likeness (QED) is 0.452. The summed E-state index contributed by atoms with van der Waals surface area (Å²) >= 11 is -0.637. The molecule has 2 aromatic carbocycles. The topological polar surface area (TPSA) is 66.4 Å². The Morgan fingerprint density at radius 1 is 1.05 bits per heavy atom. The van der Waals surface area contributed by atoms with Gasteiger partial charge in [0, 0.05) is 0 Å². The van der Waals surface area contributed by atoms with E-state index in [4.69, 9.17) is 0 Å². The van der Waals surface area contributed by atoms with Gasteiger partial charge >= 0.3 is 126 Å². The molecule has 20 heavy (non-hydrogen) atoms. The molecule has 0 aliphatic rings. The van der Waals surface area contributed by atoms with Gasteiger partial charge in [0.05, 0.1) is 0 Å². The molecule has 0 amide bonds. The van der Waals surface area contributed by atoms with Crippen LogP contribution in [-0.2, 0) is 4.74 Å². The fourth-order valence-corrected chi connectivity index (χ4v) is 4.06. The summed E-state index contributed by atoms with van der Waals surface area (Å²) < 4.78 is 6.44. The van der Waals surface area contributed by atoms with E-state index >= 15 is 0 Å². The first-order valence-corrected chi connectivity index (χ1v) is 7.91. The average molecular weight is 382 g/mol. The molecule has 0 saturated heterocycles. The van der Waals surface area contributed by atoms with Crippen molar-refractivity contribution in [3.05, 3.63) is 66.8 Å². The van der Waals surface area contributed by atoms with Crippen LogP contribution >= 0.6 is 0 Å². The molecule has 0 N–H and O–H groups in total. The Labute approximate surface area is 126 Å². The van der Waals surface area contributed by atoms with E-state index in [-0.39, 0.29) is 11.5 Å². The van der Waals surface area contributed by atoms with Gasteiger partial charge in [-0.25, -0.2) is 0 Å². The molecule has 2 aromatic rings. The molecule has 0 aromatic heterocycles. The number of methoxy groups -OCH3 is 1. The van der Waals surface area contributed by atoms with Crippen LogP contribution in [0.2, 0.25) is 0 Å². The molecule has 0 aliphatic carbocycles. The summed E-state index contributed by atoms with van der Waals surface area (Å²) in [6, 6.07) is 13.9. The number of ether oxygens (including phenoxy) is 1. The van der Waals surface area contributed by atoms with Gasteiger partial charge in [-0.05, 0) is 0 Å². The number of carboxylic acid groups (broad SMARTS) is 1. The van der Waals surface area contributed by atoms with Crippen LogP contribution in [0.4, 0.5) is 0 Å². The van der Waals surface area contributed by atoms with Crippen LogP contribution < -0.4 is 26.3 Å². The van der Waals surface area contributed by atoms with Gasteiger partial charge in [-0.15, -0.1) is 0 Å². The van der Waals surface area contributed by atoms with Gasteiger partial charge in [0.2, 0.25) is 0 Å². The van der Waals surface area contributed by atoms with Crippen LogP contribution in [0.5, 0.6) is 0 Å². The number of hydrogen-bond acceptors (Lipinski definition) is 4. The van der Waals surface area contributed by atoms with E-state index in [1.807, 2.05) is 18.2 Å². The van der Waals surface area contributed by atoms with E-state index in [2.05, 4.69) is 4.74 Å². The van der Waals surface area contributed by atoms with Gasteiger partial charge in [0.25, 0.3) is 0 Å². The number of halogens is 1. The number of carbonyl (C=O) groups is 2. The predicted octanol–water partition coefficient (Wildman–Crippen LogP) is -2.03. The Kier molecular flexibility index (Phi) is 4.73. The second kappa shape index (κ2) is 6.51. The summed E-state index contributed by atoms with van der Waals surface area (Å²) in [4.78, 5) is 22.4. The van der Waals surface area contributed by atoms with Gasteiger partial charge < -0.3 is 0 Å². The van der Waals surface area contributed by atoms with Crippen LogP contribution in [0, 0.1) is 7.14 Å². The van der Waals surface area contributed by atoms with Crippen molar-refractivity contribution in [1.29, 1.82) is 0 Å². The molecular formula is C15H11IO4-2. The first kappa shape index (κ1) is 14.5. The third kappa shape index (κ3) is 3.36. The standard InChI is InChI=1S/C15H12IO4/c1-20-15(19)10-6-8-11(9-7-10)16-13-5-3-2-4-12(13)14(17)18/h2-9H,1H3,(H,17,18)/q-1/p-1. The zero-order valence-corrected chi connectivity index (χ0v) is 12.8. The molecule has 5 heteroatoms. The fourth-order valence-electron chi connectivity index (χ4n) is 1.59. The van der Waals surface area contributed by atoms with Crippen LogP contribution in [0.25, 0.3) is 0 Å². The molecule has 4 nitrogen and oxygen atoms in total. The molecule has 0 aliphatic heterocycles. The van der Waals surface area contributed by atoms with E-state index in [0.717, 1.165) is 7.14 Å². The van der Waals surface area contributed by atoms with Gasteiger partial charge in [-0.1, -0.05) is 0 Å². The van der Waals surface area contributed by atoms with Crippen molar-refractivity contribution in [3.8, 4) is 0 Å². The normalized spacial score (nSPS) is 10.2. The van der Waals surface area contributed by atoms with Crippen molar-refractivity contribution in [1.82, 2.24) is 0 Å².